The van der Waals surface area contributed by atoms with Gasteiger partial charge in [-0.1, -0.05) is 53.4 Å². The zero-order chi connectivity index (χ0) is 13.8. The molecule has 2 heteroatoms. The maximum absolute atomic E-state index is 2.37. The molecule has 0 atom stereocenters. The number of unbranched alkanes of at least 4 members (excludes halogenated alkanes) is 4. The largest absolute Gasteiger partial charge is 1.00 e. The fraction of sp³-hybridized carbons (Fsp3) is 1.00. The first-order chi connectivity index (χ1) is 8.52. The van der Waals surface area contributed by atoms with Crippen molar-refractivity contribution in [2.45, 2.75) is 79.1 Å². The van der Waals surface area contributed by atoms with Gasteiger partial charge in [-0.2, -0.15) is 0 Å². The summed E-state index contributed by atoms with van der Waals surface area (Å²) >= 11 is 0. The molecule has 1 nitrogen and oxygen atoms in total. The molecule has 118 valence electrons. The van der Waals surface area contributed by atoms with Gasteiger partial charge in [-0.05, 0) is 37.5 Å². The van der Waals surface area contributed by atoms with Gasteiger partial charge >= 0.3 is 0 Å². The predicted octanol–water partition coefficient (Wildman–Crippen LogP) is 0.938. The molecular formula is C17H38ClN. The van der Waals surface area contributed by atoms with Crippen LogP contribution in [-0.2, 0) is 0 Å². The highest BCUT2D eigenvalue weighted by Crippen LogP contribution is 2.08. The van der Waals surface area contributed by atoms with E-state index in [1.165, 1.54) is 64.5 Å². The molecule has 0 heterocycles. The first-order valence-corrected chi connectivity index (χ1v) is 8.33. The second-order valence-electron chi connectivity index (χ2n) is 6.94. The number of quaternary nitrogens is 1. The molecule has 0 aliphatic heterocycles. The van der Waals surface area contributed by atoms with Crippen molar-refractivity contribution in [3.8, 4) is 0 Å². The molecule has 0 aromatic rings. The molecular weight excluding hydrogens is 254 g/mol. The summed E-state index contributed by atoms with van der Waals surface area (Å²) < 4.78 is 0. The zero-order valence-corrected chi connectivity index (χ0v) is 14.9. The number of hydrogen-bond donors (Lipinski definition) is 1. The lowest BCUT2D eigenvalue weighted by atomic mass is 10.0. The highest BCUT2D eigenvalue weighted by Gasteiger charge is 2.02. The Morgan fingerprint density at radius 2 is 1.00 bits per heavy atom. The van der Waals surface area contributed by atoms with E-state index in [0.717, 1.165) is 11.8 Å². The molecule has 0 spiro atoms. The van der Waals surface area contributed by atoms with Crippen molar-refractivity contribution in [3.63, 3.8) is 0 Å². The standard InChI is InChI=1S/C17H37N.ClH/c1-16(2)12-8-6-10-14-18(5)15-11-7-9-13-17(3)4;/h16-17H,6-15H2,1-5H3;1H. The summed E-state index contributed by atoms with van der Waals surface area (Å²) in [6, 6.07) is 0. The summed E-state index contributed by atoms with van der Waals surface area (Å²) in [5, 5.41) is 0. The van der Waals surface area contributed by atoms with E-state index < -0.39 is 0 Å². The second-order valence-corrected chi connectivity index (χ2v) is 6.94. The van der Waals surface area contributed by atoms with E-state index in [-0.39, 0.29) is 12.4 Å². The molecule has 0 aromatic heterocycles. The minimum Gasteiger partial charge on any atom is -1.00 e. The molecule has 0 rings (SSSR count). The average Bonchev–Trinajstić information content (AvgIpc) is 2.27. The molecule has 0 unspecified atom stereocenters. The third kappa shape index (κ3) is 18.2. The summed E-state index contributed by atoms with van der Waals surface area (Å²) in [5.74, 6) is 1.77. The number of halogens is 1. The lowest BCUT2D eigenvalue weighted by Crippen LogP contribution is -3.09. The Balaban J connectivity index is 0. The van der Waals surface area contributed by atoms with Gasteiger partial charge in [0.2, 0.25) is 0 Å². The van der Waals surface area contributed by atoms with Gasteiger partial charge in [0.15, 0.2) is 0 Å². The van der Waals surface area contributed by atoms with Crippen molar-refractivity contribution in [1.82, 2.24) is 0 Å². The second kappa shape index (κ2) is 14.7. The zero-order valence-electron chi connectivity index (χ0n) is 14.1. The fourth-order valence-electron chi connectivity index (χ4n) is 2.44. The van der Waals surface area contributed by atoms with E-state index in [2.05, 4.69) is 34.7 Å². The van der Waals surface area contributed by atoms with Crippen molar-refractivity contribution >= 4 is 0 Å². The molecule has 0 aliphatic carbocycles. The Kier molecular flexibility index (Phi) is 16.6. The quantitative estimate of drug-likeness (QED) is 0.511. The van der Waals surface area contributed by atoms with Crippen LogP contribution in [-0.4, -0.2) is 20.1 Å². The molecule has 0 bridgehead atoms. The molecule has 0 fully saturated rings. The SMILES string of the molecule is CC(C)CCCCC[NH+](C)CCCCCC(C)C.[Cl-]. The van der Waals surface area contributed by atoms with Crippen LogP contribution in [0.1, 0.15) is 79.1 Å². The lowest BCUT2D eigenvalue weighted by molar-refractivity contribution is -0.880. The topological polar surface area (TPSA) is 4.44 Å². The molecule has 0 saturated carbocycles. The maximum atomic E-state index is 2.37. The van der Waals surface area contributed by atoms with Gasteiger partial charge in [-0.25, -0.2) is 0 Å². The van der Waals surface area contributed by atoms with Crippen molar-refractivity contribution < 1.29 is 17.3 Å². The monoisotopic (exact) mass is 291 g/mol. The number of nitrogens with one attached hydrogen (secondary N) is 1. The molecule has 19 heavy (non-hydrogen) atoms. The third-order valence-corrected chi connectivity index (χ3v) is 3.77. The summed E-state index contributed by atoms with van der Waals surface area (Å²) in [5.41, 5.74) is 0. The van der Waals surface area contributed by atoms with E-state index in [0.29, 0.717) is 0 Å². The molecule has 0 aliphatic rings. The van der Waals surface area contributed by atoms with Crippen LogP contribution < -0.4 is 17.3 Å². The van der Waals surface area contributed by atoms with Gasteiger partial charge in [0.05, 0.1) is 20.1 Å². The van der Waals surface area contributed by atoms with Gasteiger partial charge < -0.3 is 17.3 Å². The summed E-state index contributed by atoms with van der Waals surface area (Å²) in [4.78, 5) is 1.74. The summed E-state index contributed by atoms with van der Waals surface area (Å²) in [6.07, 6.45) is 11.4. The summed E-state index contributed by atoms with van der Waals surface area (Å²) in [6.45, 7) is 12.1. The van der Waals surface area contributed by atoms with Gasteiger partial charge in [0.1, 0.15) is 0 Å². The fourth-order valence-corrected chi connectivity index (χ4v) is 2.44. The van der Waals surface area contributed by atoms with Crippen molar-refractivity contribution in [2.24, 2.45) is 11.8 Å². The van der Waals surface area contributed by atoms with Gasteiger partial charge in [-0.3, -0.25) is 0 Å². The van der Waals surface area contributed by atoms with Crippen LogP contribution in [0.4, 0.5) is 0 Å². The minimum absolute atomic E-state index is 0. The van der Waals surface area contributed by atoms with Crippen LogP contribution in [0.3, 0.4) is 0 Å². The van der Waals surface area contributed by atoms with Crippen LogP contribution >= 0.6 is 0 Å². The van der Waals surface area contributed by atoms with E-state index in [1.54, 1.807) is 4.90 Å². The first-order valence-electron chi connectivity index (χ1n) is 8.33. The Morgan fingerprint density at radius 1 is 0.632 bits per heavy atom. The highest BCUT2D eigenvalue weighted by molar-refractivity contribution is 4.48. The molecule has 0 saturated heterocycles. The lowest BCUT2D eigenvalue weighted by Gasteiger charge is -2.14. The van der Waals surface area contributed by atoms with Gasteiger partial charge in [0.25, 0.3) is 0 Å². The van der Waals surface area contributed by atoms with Crippen molar-refractivity contribution in [1.29, 1.82) is 0 Å². The van der Waals surface area contributed by atoms with Crippen LogP contribution in [0.5, 0.6) is 0 Å². The van der Waals surface area contributed by atoms with Crippen LogP contribution in [0.25, 0.3) is 0 Å². The van der Waals surface area contributed by atoms with Crippen molar-refractivity contribution in [3.05, 3.63) is 0 Å². The van der Waals surface area contributed by atoms with Crippen molar-refractivity contribution in [2.75, 3.05) is 20.1 Å². The first kappa shape index (κ1) is 21.5. The smallest absolute Gasteiger partial charge is 0.0768 e. The number of hydrogen-bond acceptors (Lipinski definition) is 0. The van der Waals surface area contributed by atoms with Crippen LogP contribution in [0.2, 0.25) is 0 Å². The van der Waals surface area contributed by atoms with E-state index in [9.17, 15) is 0 Å². The maximum Gasteiger partial charge on any atom is 0.0768 e. The Bertz CT molecular complexity index is 151. The Hall–Kier alpha value is 0.250. The van der Waals surface area contributed by atoms with Gasteiger partial charge in [0, 0.05) is 0 Å². The predicted molar refractivity (Wildman–Crippen MR) is 83.2 cm³/mol. The average molecular weight is 292 g/mol. The third-order valence-electron chi connectivity index (χ3n) is 3.77. The molecule has 0 amide bonds. The van der Waals surface area contributed by atoms with E-state index >= 15 is 0 Å². The van der Waals surface area contributed by atoms with E-state index in [1.807, 2.05) is 0 Å². The Morgan fingerprint density at radius 3 is 1.32 bits per heavy atom. The minimum atomic E-state index is 0. The highest BCUT2D eigenvalue weighted by atomic mass is 35.5. The summed E-state index contributed by atoms with van der Waals surface area (Å²) in [7, 11) is 2.37. The molecule has 0 radical (unpaired) electrons. The van der Waals surface area contributed by atoms with E-state index in [4.69, 9.17) is 0 Å². The normalized spacial score (nSPS) is 11.4. The Labute approximate surface area is 128 Å². The molecule has 0 aromatic carbocycles. The van der Waals surface area contributed by atoms with Crippen LogP contribution in [0, 0.1) is 11.8 Å². The van der Waals surface area contributed by atoms with Gasteiger partial charge in [-0.15, -0.1) is 0 Å². The number of rotatable bonds is 12. The molecule has 1 N–H and O–H groups in total. The van der Waals surface area contributed by atoms with Crippen LogP contribution in [0.15, 0.2) is 0 Å².